The number of hydrogen-bond donors (Lipinski definition) is 1. The van der Waals surface area contributed by atoms with Gasteiger partial charge in [-0.25, -0.2) is 0 Å². The molecule has 1 amide bonds. The minimum Gasteiger partial charge on any atom is -0.339 e. The SMILES string of the molecule is CC(C)N(C)C(=O)c1ccc(CNCc2cn(C)nc2-c2ccncc2)cc1. The van der Waals surface area contributed by atoms with E-state index in [-0.39, 0.29) is 11.9 Å². The van der Waals surface area contributed by atoms with Gasteiger partial charge in [-0.1, -0.05) is 12.1 Å². The standard InChI is InChI=1S/C22H27N5O/c1-16(2)27(4)22(28)19-7-5-17(6-8-19)13-24-14-20-15-26(3)25-21(20)18-9-11-23-12-10-18/h5-12,15-16,24H,13-14H2,1-4H3. The predicted molar refractivity (Wildman–Crippen MR) is 111 cm³/mol. The molecule has 1 aromatic carbocycles. The summed E-state index contributed by atoms with van der Waals surface area (Å²) in [5.41, 5.74) is 5.02. The van der Waals surface area contributed by atoms with Crippen molar-refractivity contribution < 1.29 is 4.79 Å². The van der Waals surface area contributed by atoms with Crippen LogP contribution in [-0.2, 0) is 20.1 Å². The number of pyridine rings is 1. The van der Waals surface area contributed by atoms with Crippen molar-refractivity contribution in [1.29, 1.82) is 0 Å². The zero-order valence-electron chi connectivity index (χ0n) is 16.9. The molecular weight excluding hydrogens is 350 g/mol. The lowest BCUT2D eigenvalue weighted by atomic mass is 10.1. The number of rotatable bonds is 7. The largest absolute Gasteiger partial charge is 0.339 e. The summed E-state index contributed by atoms with van der Waals surface area (Å²) in [5, 5.41) is 8.04. The van der Waals surface area contributed by atoms with E-state index < -0.39 is 0 Å². The summed E-state index contributed by atoms with van der Waals surface area (Å²) in [5.74, 6) is 0.0480. The molecule has 0 radical (unpaired) electrons. The van der Waals surface area contributed by atoms with E-state index in [2.05, 4.69) is 15.4 Å². The van der Waals surface area contributed by atoms with Crippen LogP contribution in [0.15, 0.2) is 55.0 Å². The number of aryl methyl sites for hydroxylation is 1. The highest BCUT2D eigenvalue weighted by Gasteiger charge is 2.14. The highest BCUT2D eigenvalue weighted by Crippen LogP contribution is 2.21. The fourth-order valence-electron chi connectivity index (χ4n) is 2.96. The van der Waals surface area contributed by atoms with E-state index in [9.17, 15) is 4.79 Å². The lowest BCUT2D eigenvalue weighted by Crippen LogP contribution is -2.32. The maximum absolute atomic E-state index is 12.4. The molecule has 0 fully saturated rings. The highest BCUT2D eigenvalue weighted by molar-refractivity contribution is 5.94. The first-order chi connectivity index (χ1) is 13.5. The third-order valence-corrected chi connectivity index (χ3v) is 4.80. The molecule has 146 valence electrons. The van der Waals surface area contributed by atoms with E-state index in [1.54, 1.807) is 17.3 Å². The Morgan fingerprint density at radius 3 is 2.43 bits per heavy atom. The normalized spacial score (nSPS) is 11.0. The number of carbonyl (C=O) groups is 1. The summed E-state index contributed by atoms with van der Waals surface area (Å²) in [7, 11) is 3.76. The first kappa shape index (κ1) is 19.8. The van der Waals surface area contributed by atoms with Crippen LogP contribution in [-0.4, -0.2) is 38.7 Å². The molecule has 0 bridgehead atoms. The Bertz CT molecular complexity index is 916. The second-order valence-electron chi connectivity index (χ2n) is 7.22. The molecule has 0 saturated carbocycles. The van der Waals surface area contributed by atoms with Crippen molar-refractivity contribution in [2.24, 2.45) is 7.05 Å². The molecule has 0 aliphatic rings. The summed E-state index contributed by atoms with van der Waals surface area (Å²) in [4.78, 5) is 18.2. The van der Waals surface area contributed by atoms with Crippen LogP contribution in [0.3, 0.4) is 0 Å². The summed E-state index contributed by atoms with van der Waals surface area (Å²) >= 11 is 0. The molecule has 0 atom stereocenters. The van der Waals surface area contributed by atoms with Gasteiger partial charge in [0.15, 0.2) is 0 Å². The van der Waals surface area contributed by atoms with Gasteiger partial charge in [-0.3, -0.25) is 14.5 Å². The van der Waals surface area contributed by atoms with Crippen LogP contribution in [0, 0.1) is 0 Å². The number of hydrogen-bond acceptors (Lipinski definition) is 4. The number of aromatic nitrogens is 3. The zero-order chi connectivity index (χ0) is 20.1. The number of nitrogens with one attached hydrogen (secondary N) is 1. The molecule has 0 saturated heterocycles. The maximum Gasteiger partial charge on any atom is 0.253 e. The molecule has 3 aromatic rings. The van der Waals surface area contributed by atoms with E-state index in [1.165, 1.54) is 0 Å². The van der Waals surface area contributed by atoms with E-state index in [4.69, 9.17) is 0 Å². The number of nitrogens with zero attached hydrogens (tertiary/aromatic N) is 4. The zero-order valence-corrected chi connectivity index (χ0v) is 16.9. The Labute approximate surface area is 166 Å². The van der Waals surface area contributed by atoms with Gasteiger partial charge >= 0.3 is 0 Å². The van der Waals surface area contributed by atoms with E-state index in [0.29, 0.717) is 12.1 Å². The van der Waals surface area contributed by atoms with Gasteiger partial charge in [0.2, 0.25) is 0 Å². The average molecular weight is 377 g/mol. The molecule has 0 unspecified atom stereocenters. The summed E-state index contributed by atoms with van der Waals surface area (Å²) < 4.78 is 1.83. The number of amides is 1. The second-order valence-corrected chi connectivity index (χ2v) is 7.22. The quantitative estimate of drug-likeness (QED) is 0.686. The summed E-state index contributed by atoms with van der Waals surface area (Å²) in [6, 6.07) is 11.9. The van der Waals surface area contributed by atoms with Crippen molar-refractivity contribution in [3.05, 3.63) is 71.7 Å². The Balaban J connectivity index is 1.61. The van der Waals surface area contributed by atoms with Crippen molar-refractivity contribution in [3.8, 4) is 11.3 Å². The number of carbonyl (C=O) groups excluding carboxylic acids is 1. The fourth-order valence-corrected chi connectivity index (χ4v) is 2.96. The van der Waals surface area contributed by atoms with Crippen molar-refractivity contribution >= 4 is 5.91 Å². The van der Waals surface area contributed by atoms with Crippen LogP contribution >= 0.6 is 0 Å². The minimum atomic E-state index is 0.0480. The number of benzene rings is 1. The van der Waals surface area contributed by atoms with Crippen molar-refractivity contribution in [3.63, 3.8) is 0 Å². The lowest BCUT2D eigenvalue weighted by molar-refractivity contribution is 0.0755. The van der Waals surface area contributed by atoms with Gasteiger partial charge in [0.1, 0.15) is 0 Å². The third-order valence-electron chi connectivity index (χ3n) is 4.80. The van der Waals surface area contributed by atoms with Crippen LogP contribution in [0.4, 0.5) is 0 Å². The predicted octanol–water partition coefficient (Wildman–Crippen LogP) is 3.25. The van der Waals surface area contributed by atoms with E-state index in [0.717, 1.165) is 28.9 Å². The first-order valence-electron chi connectivity index (χ1n) is 9.45. The molecule has 1 N–H and O–H groups in total. The van der Waals surface area contributed by atoms with Gasteiger partial charge in [-0.05, 0) is 43.7 Å². The molecule has 6 nitrogen and oxygen atoms in total. The van der Waals surface area contributed by atoms with Crippen molar-refractivity contribution in [2.75, 3.05) is 7.05 Å². The van der Waals surface area contributed by atoms with Gasteiger partial charge in [0.05, 0.1) is 5.69 Å². The fraction of sp³-hybridized carbons (Fsp3) is 0.318. The molecule has 0 aliphatic carbocycles. The van der Waals surface area contributed by atoms with Crippen molar-refractivity contribution in [1.82, 2.24) is 25.0 Å². The van der Waals surface area contributed by atoms with Gasteiger partial charge < -0.3 is 10.2 Å². The second kappa shape index (κ2) is 8.80. The third kappa shape index (κ3) is 4.64. The Hall–Kier alpha value is -2.99. The van der Waals surface area contributed by atoms with Crippen molar-refractivity contribution in [2.45, 2.75) is 33.0 Å². The van der Waals surface area contributed by atoms with Gasteiger partial charge in [-0.2, -0.15) is 5.10 Å². The average Bonchev–Trinajstić information content (AvgIpc) is 3.08. The van der Waals surface area contributed by atoms with Crippen LogP contribution in [0.25, 0.3) is 11.3 Å². The molecule has 0 aliphatic heterocycles. The lowest BCUT2D eigenvalue weighted by Gasteiger charge is -2.21. The molecule has 6 heteroatoms. The van der Waals surface area contributed by atoms with E-state index >= 15 is 0 Å². The van der Waals surface area contributed by atoms with Gasteiger partial charge in [-0.15, -0.1) is 0 Å². The highest BCUT2D eigenvalue weighted by atomic mass is 16.2. The van der Waals surface area contributed by atoms with Crippen LogP contribution in [0.2, 0.25) is 0 Å². The maximum atomic E-state index is 12.4. The molecule has 2 heterocycles. The molecule has 28 heavy (non-hydrogen) atoms. The van der Waals surface area contributed by atoms with E-state index in [1.807, 2.05) is 75.2 Å². The molecule has 3 rings (SSSR count). The van der Waals surface area contributed by atoms with Crippen LogP contribution in [0.5, 0.6) is 0 Å². The summed E-state index contributed by atoms with van der Waals surface area (Å²) in [6.45, 7) is 5.45. The van der Waals surface area contributed by atoms with Gasteiger partial charge in [0.25, 0.3) is 5.91 Å². The Kier molecular flexibility index (Phi) is 6.21. The Morgan fingerprint density at radius 2 is 1.79 bits per heavy atom. The van der Waals surface area contributed by atoms with Gasteiger partial charge in [0, 0.05) is 68.5 Å². The minimum absolute atomic E-state index is 0.0480. The monoisotopic (exact) mass is 377 g/mol. The smallest absolute Gasteiger partial charge is 0.253 e. The topological polar surface area (TPSA) is 63.1 Å². The summed E-state index contributed by atoms with van der Waals surface area (Å²) in [6.07, 6.45) is 5.59. The van der Waals surface area contributed by atoms with Crippen LogP contribution in [0.1, 0.15) is 35.3 Å². The molecule has 2 aromatic heterocycles. The molecule has 0 spiro atoms. The Morgan fingerprint density at radius 1 is 1.11 bits per heavy atom. The molecular formula is C22H27N5O. The van der Waals surface area contributed by atoms with Crippen LogP contribution < -0.4 is 5.32 Å². The first-order valence-corrected chi connectivity index (χ1v) is 9.45.